The molecule has 0 fully saturated rings. The second-order valence-corrected chi connectivity index (χ2v) is 5.69. The molecule has 2 N–H and O–H groups in total. The van der Waals surface area contributed by atoms with E-state index in [2.05, 4.69) is 5.48 Å². The average molecular weight is 337 g/mol. The molecule has 0 saturated carbocycles. The highest BCUT2D eigenvalue weighted by molar-refractivity contribution is 5.84. The lowest BCUT2D eigenvalue weighted by Crippen LogP contribution is -2.16. The van der Waals surface area contributed by atoms with E-state index < -0.39 is 11.5 Å². The number of nitrogens with one attached hydrogen (secondary N) is 1. The molecule has 0 aliphatic heterocycles. The molecular formula is C20H19NO4. The second-order valence-electron chi connectivity index (χ2n) is 5.69. The molecule has 0 saturated heterocycles. The van der Waals surface area contributed by atoms with E-state index in [0.29, 0.717) is 16.7 Å². The van der Waals surface area contributed by atoms with Gasteiger partial charge in [0.2, 0.25) is 0 Å². The molecular weight excluding hydrogens is 318 g/mol. The van der Waals surface area contributed by atoms with E-state index in [9.17, 15) is 9.90 Å². The topological polar surface area (TPSA) is 71.7 Å². The molecule has 25 heavy (non-hydrogen) atoms. The van der Waals surface area contributed by atoms with Crippen LogP contribution in [-0.2, 0) is 4.84 Å². The normalized spacial score (nSPS) is 13.0. The summed E-state index contributed by atoms with van der Waals surface area (Å²) in [5.41, 5.74) is 4.30. The van der Waals surface area contributed by atoms with Gasteiger partial charge < -0.3 is 9.52 Å². The smallest absolute Gasteiger partial charge is 0.344 e. The third kappa shape index (κ3) is 3.41. The third-order valence-electron chi connectivity index (χ3n) is 3.97. The quantitative estimate of drug-likeness (QED) is 0.549. The minimum Gasteiger partial charge on any atom is -0.507 e. The van der Waals surface area contributed by atoms with Crippen LogP contribution in [0.2, 0.25) is 0 Å². The van der Waals surface area contributed by atoms with Gasteiger partial charge in [0.1, 0.15) is 11.3 Å². The highest BCUT2D eigenvalue weighted by Crippen LogP contribution is 2.35. The molecule has 1 heterocycles. The van der Waals surface area contributed by atoms with Gasteiger partial charge in [0.05, 0.1) is 18.1 Å². The Balaban J connectivity index is 2.25. The first-order valence-corrected chi connectivity index (χ1v) is 7.89. The summed E-state index contributed by atoms with van der Waals surface area (Å²) >= 11 is 0. The Labute approximate surface area is 145 Å². The third-order valence-corrected chi connectivity index (χ3v) is 3.97. The van der Waals surface area contributed by atoms with Crippen LogP contribution in [-0.4, -0.2) is 12.2 Å². The van der Waals surface area contributed by atoms with Crippen LogP contribution in [0, 0.1) is 0 Å². The Bertz CT molecular complexity index is 960. The van der Waals surface area contributed by atoms with Gasteiger partial charge in [-0.15, -0.1) is 0 Å². The number of hydroxylamine groups is 1. The van der Waals surface area contributed by atoms with Crippen molar-refractivity contribution in [1.82, 2.24) is 5.48 Å². The summed E-state index contributed by atoms with van der Waals surface area (Å²) in [7, 11) is 1.51. The van der Waals surface area contributed by atoms with Gasteiger partial charge in [-0.05, 0) is 24.6 Å². The second kappa shape index (κ2) is 7.23. The fourth-order valence-electron chi connectivity index (χ4n) is 2.87. The summed E-state index contributed by atoms with van der Waals surface area (Å²) in [4.78, 5) is 17.5. The molecule has 1 atom stereocenters. The zero-order valence-corrected chi connectivity index (χ0v) is 14.0. The van der Waals surface area contributed by atoms with Crippen molar-refractivity contribution in [2.24, 2.45) is 0 Å². The van der Waals surface area contributed by atoms with Crippen molar-refractivity contribution in [1.29, 1.82) is 0 Å². The van der Waals surface area contributed by atoms with E-state index in [1.807, 2.05) is 43.3 Å². The van der Waals surface area contributed by atoms with E-state index in [1.165, 1.54) is 7.11 Å². The van der Waals surface area contributed by atoms with Crippen molar-refractivity contribution in [2.45, 2.75) is 12.8 Å². The van der Waals surface area contributed by atoms with Crippen molar-refractivity contribution < 1.29 is 14.4 Å². The Hall–Kier alpha value is -3.05. The van der Waals surface area contributed by atoms with Gasteiger partial charge in [0.25, 0.3) is 0 Å². The number of fused-ring (bicyclic) bond motifs is 1. The van der Waals surface area contributed by atoms with Crippen LogP contribution in [0.5, 0.6) is 5.75 Å². The lowest BCUT2D eigenvalue weighted by Gasteiger charge is -2.16. The van der Waals surface area contributed by atoms with E-state index in [-0.39, 0.29) is 11.3 Å². The molecule has 0 radical (unpaired) electrons. The lowest BCUT2D eigenvalue weighted by molar-refractivity contribution is 0.117. The van der Waals surface area contributed by atoms with Gasteiger partial charge >= 0.3 is 5.63 Å². The maximum atomic E-state index is 12.6. The van der Waals surface area contributed by atoms with Crippen molar-refractivity contribution in [3.8, 4) is 5.75 Å². The van der Waals surface area contributed by atoms with E-state index in [0.717, 1.165) is 5.56 Å². The molecule has 2 aromatic carbocycles. The predicted octanol–water partition coefficient (Wildman–Crippen LogP) is 3.69. The monoisotopic (exact) mass is 337 g/mol. The van der Waals surface area contributed by atoms with Crippen molar-refractivity contribution in [3.63, 3.8) is 0 Å². The molecule has 0 aliphatic carbocycles. The number of allylic oxidation sites excluding steroid dienone is 2. The van der Waals surface area contributed by atoms with Crippen molar-refractivity contribution in [3.05, 3.63) is 87.9 Å². The van der Waals surface area contributed by atoms with E-state index in [4.69, 9.17) is 9.25 Å². The summed E-state index contributed by atoms with van der Waals surface area (Å²) < 4.78 is 5.42. The van der Waals surface area contributed by atoms with Crippen molar-refractivity contribution >= 4 is 11.0 Å². The lowest BCUT2D eigenvalue weighted by atomic mass is 9.90. The Morgan fingerprint density at radius 1 is 1.16 bits per heavy atom. The minimum atomic E-state index is -0.563. The van der Waals surface area contributed by atoms with Crippen LogP contribution in [0.15, 0.2) is 75.6 Å². The average Bonchev–Trinajstić information content (AvgIpc) is 2.62. The largest absolute Gasteiger partial charge is 0.507 e. The first-order valence-electron chi connectivity index (χ1n) is 7.89. The first-order chi connectivity index (χ1) is 12.1. The zero-order valence-electron chi connectivity index (χ0n) is 14.0. The zero-order chi connectivity index (χ0) is 17.8. The Morgan fingerprint density at radius 3 is 2.56 bits per heavy atom. The van der Waals surface area contributed by atoms with Crippen LogP contribution >= 0.6 is 0 Å². The molecule has 0 amide bonds. The van der Waals surface area contributed by atoms with Gasteiger partial charge in [-0.1, -0.05) is 48.5 Å². The summed E-state index contributed by atoms with van der Waals surface area (Å²) in [5.74, 6) is -0.549. The Kier molecular flexibility index (Phi) is 4.86. The molecule has 1 unspecified atom stereocenters. The molecule has 0 bridgehead atoms. The summed E-state index contributed by atoms with van der Waals surface area (Å²) in [5, 5.41) is 11.3. The van der Waals surface area contributed by atoms with Crippen LogP contribution in [0.3, 0.4) is 0 Å². The van der Waals surface area contributed by atoms with Gasteiger partial charge in [-0.25, -0.2) is 4.79 Å². The maximum absolute atomic E-state index is 12.6. The fraction of sp³-hybridized carbons (Fsp3) is 0.150. The van der Waals surface area contributed by atoms with E-state index >= 15 is 0 Å². The van der Waals surface area contributed by atoms with Gasteiger partial charge in [-0.3, -0.25) is 10.3 Å². The SMILES string of the molecule is CONC(C)=CC(c1ccccc1)c1c(O)c2ccccc2oc1=O. The van der Waals surface area contributed by atoms with Gasteiger partial charge in [0, 0.05) is 11.6 Å². The van der Waals surface area contributed by atoms with Crippen LogP contribution < -0.4 is 11.1 Å². The highest BCUT2D eigenvalue weighted by atomic mass is 16.6. The molecule has 3 aromatic rings. The summed E-state index contributed by atoms with van der Waals surface area (Å²) in [6.07, 6.45) is 1.82. The van der Waals surface area contributed by atoms with Crippen LogP contribution in [0.25, 0.3) is 11.0 Å². The van der Waals surface area contributed by atoms with Crippen molar-refractivity contribution in [2.75, 3.05) is 7.11 Å². The fourth-order valence-corrected chi connectivity index (χ4v) is 2.87. The van der Waals surface area contributed by atoms with Crippen LogP contribution in [0.1, 0.15) is 24.0 Å². The minimum absolute atomic E-state index is 0.0674. The number of rotatable bonds is 5. The number of hydrogen-bond donors (Lipinski definition) is 2. The first kappa shape index (κ1) is 16.8. The van der Waals surface area contributed by atoms with Gasteiger partial charge in [0.15, 0.2) is 0 Å². The number of para-hydroxylation sites is 1. The molecule has 5 nitrogen and oxygen atoms in total. The predicted molar refractivity (Wildman–Crippen MR) is 96.3 cm³/mol. The highest BCUT2D eigenvalue weighted by Gasteiger charge is 2.23. The standard InChI is InChI=1S/C20H19NO4/c1-13(21-24-2)12-16(14-8-4-3-5-9-14)18-19(22)15-10-6-7-11-17(15)25-20(18)23/h3-12,16,21-22H,1-2H3. The number of benzene rings is 2. The van der Waals surface area contributed by atoms with Gasteiger partial charge in [-0.2, -0.15) is 0 Å². The molecule has 3 rings (SSSR count). The number of aromatic hydroxyl groups is 1. The number of hydrogen-bond acceptors (Lipinski definition) is 5. The summed E-state index contributed by atoms with van der Waals surface area (Å²) in [6.45, 7) is 1.82. The van der Waals surface area contributed by atoms with E-state index in [1.54, 1.807) is 24.3 Å². The summed E-state index contributed by atoms with van der Waals surface area (Å²) in [6, 6.07) is 16.4. The molecule has 128 valence electrons. The molecule has 1 aromatic heterocycles. The molecule has 0 aliphatic rings. The molecule has 0 spiro atoms. The maximum Gasteiger partial charge on any atom is 0.344 e. The molecule has 5 heteroatoms. The van der Waals surface area contributed by atoms with Crippen LogP contribution in [0.4, 0.5) is 0 Å². The Morgan fingerprint density at radius 2 is 1.84 bits per heavy atom.